The summed E-state index contributed by atoms with van der Waals surface area (Å²) in [7, 11) is 1.76. The number of carbonyl (C=O) groups is 1. The smallest absolute Gasteiger partial charge is 0.234 e. The third-order valence-corrected chi connectivity index (χ3v) is 1.95. The highest BCUT2D eigenvalue weighted by Crippen LogP contribution is 2.01. The predicted octanol–water partition coefficient (Wildman–Crippen LogP) is 0.831. The Kier molecular flexibility index (Phi) is 4.13. The molecule has 3 nitrogen and oxygen atoms in total. The Morgan fingerprint density at radius 2 is 1.93 bits per heavy atom. The average Bonchev–Trinajstić information content (AvgIpc) is 2.17. The molecule has 3 heteroatoms. The van der Waals surface area contributed by atoms with Gasteiger partial charge in [-0.3, -0.25) is 4.79 Å². The van der Waals surface area contributed by atoms with E-state index in [9.17, 15) is 4.79 Å². The van der Waals surface area contributed by atoms with Crippen molar-refractivity contribution in [2.75, 3.05) is 13.6 Å². The zero-order valence-electron chi connectivity index (χ0n) is 8.63. The van der Waals surface area contributed by atoms with Gasteiger partial charge in [0, 0.05) is 6.54 Å². The second kappa shape index (κ2) is 5.40. The lowest BCUT2D eigenvalue weighted by molar-refractivity contribution is -0.120. The molecule has 0 bridgehead atoms. The van der Waals surface area contributed by atoms with Gasteiger partial charge in [-0.25, -0.2) is 0 Å². The summed E-state index contributed by atoms with van der Waals surface area (Å²) in [5.41, 5.74) is 2.36. The first-order chi connectivity index (χ1) is 6.72. The monoisotopic (exact) mass is 192 g/mol. The van der Waals surface area contributed by atoms with Gasteiger partial charge < -0.3 is 10.6 Å². The SMILES string of the molecule is CNCC(=O)NCc1ccc(C)cc1. The Bertz CT molecular complexity index is 293. The first-order valence-electron chi connectivity index (χ1n) is 4.69. The van der Waals surface area contributed by atoms with Gasteiger partial charge in [0.25, 0.3) is 0 Å². The van der Waals surface area contributed by atoms with Crippen LogP contribution in [0.25, 0.3) is 0 Å². The second-order valence-corrected chi connectivity index (χ2v) is 3.29. The van der Waals surface area contributed by atoms with Crippen LogP contribution in [0.2, 0.25) is 0 Å². The number of likely N-dealkylation sites (N-methyl/N-ethyl adjacent to an activating group) is 1. The molecule has 0 fully saturated rings. The predicted molar refractivity (Wildman–Crippen MR) is 57.0 cm³/mol. The molecule has 76 valence electrons. The minimum absolute atomic E-state index is 0.0214. The van der Waals surface area contributed by atoms with Crippen molar-refractivity contribution in [2.24, 2.45) is 0 Å². The van der Waals surface area contributed by atoms with E-state index in [1.165, 1.54) is 5.56 Å². The molecule has 0 saturated carbocycles. The zero-order chi connectivity index (χ0) is 10.4. The molecule has 0 aliphatic rings. The maximum atomic E-state index is 11.1. The van der Waals surface area contributed by atoms with Gasteiger partial charge in [0.15, 0.2) is 0 Å². The van der Waals surface area contributed by atoms with E-state index in [0.29, 0.717) is 13.1 Å². The minimum atomic E-state index is 0.0214. The van der Waals surface area contributed by atoms with Crippen molar-refractivity contribution in [1.29, 1.82) is 0 Å². The van der Waals surface area contributed by atoms with E-state index in [2.05, 4.69) is 10.6 Å². The van der Waals surface area contributed by atoms with Crippen LogP contribution >= 0.6 is 0 Å². The zero-order valence-corrected chi connectivity index (χ0v) is 8.63. The number of hydrogen-bond donors (Lipinski definition) is 2. The van der Waals surface area contributed by atoms with Gasteiger partial charge in [-0.2, -0.15) is 0 Å². The number of nitrogens with one attached hydrogen (secondary N) is 2. The van der Waals surface area contributed by atoms with E-state index in [4.69, 9.17) is 0 Å². The number of aryl methyl sites for hydroxylation is 1. The first-order valence-corrected chi connectivity index (χ1v) is 4.69. The standard InChI is InChI=1S/C11H16N2O/c1-9-3-5-10(6-4-9)7-13-11(14)8-12-2/h3-6,12H,7-8H2,1-2H3,(H,13,14). The molecule has 0 aromatic heterocycles. The summed E-state index contributed by atoms with van der Waals surface area (Å²) in [5, 5.41) is 5.62. The Balaban J connectivity index is 2.38. The molecule has 2 N–H and O–H groups in total. The maximum Gasteiger partial charge on any atom is 0.234 e. The van der Waals surface area contributed by atoms with Crippen LogP contribution in [0.1, 0.15) is 11.1 Å². The summed E-state index contributed by atoms with van der Waals surface area (Å²) >= 11 is 0. The molecule has 0 unspecified atom stereocenters. The Morgan fingerprint density at radius 3 is 2.50 bits per heavy atom. The number of rotatable bonds is 4. The fourth-order valence-electron chi connectivity index (χ4n) is 1.13. The summed E-state index contributed by atoms with van der Waals surface area (Å²) in [5.74, 6) is 0.0214. The number of carbonyl (C=O) groups excluding carboxylic acids is 1. The quantitative estimate of drug-likeness (QED) is 0.742. The molecular formula is C11H16N2O. The number of benzene rings is 1. The van der Waals surface area contributed by atoms with E-state index in [-0.39, 0.29) is 5.91 Å². The van der Waals surface area contributed by atoms with Gasteiger partial charge in [0.2, 0.25) is 5.91 Å². The van der Waals surface area contributed by atoms with Gasteiger partial charge >= 0.3 is 0 Å². The van der Waals surface area contributed by atoms with E-state index in [1.807, 2.05) is 31.2 Å². The van der Waals surface area contributed by atoms with Crippen molar-refractivity contribution in [3.05, 3.63) is 35.4 Å². The van der Waals surface area contributed by atoms with Crippen LogP contribution in [0.3, 0.4) is 0 Å². The largest absolute Gasteiger partial charge is 0.351 e. The lowest BCUT2D eigenvalue weighted by Crippen LogP contribution is -2.31. The Hall–Kier alpha value is -1.35. The minimum Gasteiger partial charge on any atom is -0.351 e. The van der Waals surface area contributed by atoms with Gasteiger partial charge in [-0.05, 0) is 19.5 Å². The molecule has 1 aromatic carbocycles. The highest BCUT2D eigenvalue weighted by Gasteiger charge is 1.98. The van der Waals surface area contributed by atoms with E-state index in [0.717, 1.165) is 5.56 Å². The van der Waals surface area contributed by atoms with E-state index < -0.39 is 0 Å². The summed E-state index contributed by atoms with van der Waals surface area (Å²) < 4.78 is 0. The van der Waals surface area contributed by atoms with Crippen LogP contribution in [0.4, 0.5) is 0 Å². The van der Waals surface area contributed by atoms with Crippen molar-refractivity contribution < 1.29 is 4.79 Å². The molecule has 0 saturated heterocycles. The lowest BCUT2D eigenvalue weighted by Gasteiger charge is -2.04. The maximum absolute atomic E-state index is 11.1. The third-order valence-electron chi connectivity index (χ3n) is 1.95. The van der Waals surface area contributed by atoms with Gasteiger partial charge in [-0.15, -0.1) is 0 Å². The molecular weight excluding hydrogens is 176 g/mol. The van der Waals surface area contributed by atoms with Crippen LogP contribution in [0.5, 0.6) is 0 Å². The summed E-state index contributed by atoms with van der Waals surface area (Å²) in [6.07, 6.45) is 0. The average molecular weight is 192 g/mol. The first kappa shape index (κ1) is 10.7. The fraction of sp³-hybridized carbons (Fsp3) is 0.364. The summed E-state index contributed by atoms with van der Waals surface area (Å²) in [6, 6.07) is 8.13. The van der Waals surface area contributed by atoms with Crippen LogP contribution in [-0.2, 0) is 11.3 Å². The highest BCUT2D eigenvalue weighted by molar-refractivity contribution is 5.77. The molecule has 0 heterocycles. The molecule has 14 heavy (non-hydrogen) atoms. The van der Waals surface area contributed by atoms with Crippen LogP contribution in [-0.4, -0.2) is 19.5 Å². The van der Waals surface area contributed by atoms with Gasteiger partial charge in [0.05, 0.1) is 6.54 Å². The van der Waals surface area contributed by atoms with Gasteiger partial charge in [-0.1, -0.05) is 29.8 Å². The van der Waals surface area contributed by atoms with Crippen LogP contribution in [0, 0.1) is 6.92 Å². The molecule has 0 aliphatic carbocycles. The topological polar surface area (TPSA) is 41.1 Å². The molecule has 0 spiro atoms. The Labute approximate surface area is 84.5 Å². The van der Waals surface area contributed by atoms with E-state index in [1.54, 1.807) is 7.05 Å². The molecule has 0 aliphatic heterocycles. The lowest BCUT2D eigenvalue weighted by atomic mass is 10.1. The number of hydrogen-bond acceptors (Lipinski definition) is 2. The summed E-state index contributed by atoms with van der Waals surface area (Å²) in [6.45, 7) is 3.01. The number of amides is 1. The van der Waals surface area contributed by atoms with Crippen LogP contribution < -0.4 is 10.6 Å². The molecule has 0 radical (unpaired) electrons. The van der Waals surface area contributed by atoms with Crippen molar-refractivity contribution in [3.63, 3.8) is 0 Å². The Morgan fingerprint density at radius 1 is 1.29 bits per heavy atom. The third kappa shape index (κ3) is 3.58. The molecule has 0 atom stereocenters. The van der Waals surface area contributed by atoms with Crippen molar-refractivity contribution in [1.82, 2.24) is 10.6 Å². The molecule has 1 aromatic rings. The molecule has 1 rings (SSSR count). The highest BCUT2D eigenvalue weighted by atomic mass is 16.1. The normalized spacial score (nSPS) is 9.86. The fourth-order valence-corrected chi connectivity index (χ4v) is 1.13. The second-order valence-electron chi connectivity index (χ2n) is 3.29. The van der Waals surface area contributed by atoms with Crippen molar-refractivity contribution >= 4 is 5.91 Å². The molecule has 1 amide bonds. The van der Waals surface area contributed by atoms with Crippen LogP contribution in [0.15, 0.2) is 24.3 Å². The summed E-state index contributed by atoms with van der Waals surface area (Å²) in [4.78, 5) is 11.1. The van der Waals surface area contributed by atoms with Crippen molar-refractivity contribution in [3.8, 4) is 0 Å². The van der Waals surface area contributed by atoms with Crippen molar-refractivity contribution in [2.45, 2.75) is 13.5 Å². The van der Waals surface area contributed by atoms with E-state index >= 15 is 0 Å². The van der Waals surface area contributed by atoms with Gasteiger partial charge in [0.1, 0.15) is 0 Å².